The minimum Gasteiger partial charge on any atom is -0.378 e. The molecule has 8 nitrogen and oxygen atoms in total. The summed E-state index contributed by atoms with van der Waals surface area (Å²) in [6, 6.07) is 13.7. The molecule has 0 radical (unpaired) electrons. The van der Waals surface area contributed by atoms with Crippen LogP contribution in [0.2, 0.25) is 5.02 Å². The molecular formula is C34H52ClN5O3S2. The van der Waals surface area contributed by atoms with Crippen molar-refractivity contribution in [2.75, 3.05) is 71.4 Å². The van der Waals surface area contributed by atoms with E-state index in [1.54, 1.807) is 8.61 Å². The first kappa shape index (κ1) is 34.8. The number of anilines is 1. The summed E-state index contributed by atoms with van der Waals surface area (Å²) < 4.78 is 47.9. The largest absolute Gasteiger partial charge is 0.378 e. The highest BCUT2D eigenvalue weighted by Crippen LogP contribution is 2.28. The first-order valence-corrected chi connectivity index (χ1v) is 19.7. The third kappa shape index (κ3) is 9.30. The smallest absolute Gasteiger partial charge is 0.282 e. The van der Waals surface area contributed by atoms with Crippen molar-refractivity contribution in [2.24, 2.45) is 11.8 Å². The molecule has 1 unspecified atom stereocenters. The fourth-order valence-corrected chi connectivity index (χ4v) is 10.4. The van der Waals surface area contributed by atoms with E-state index in [0.717, 1.165) is 54.2 Å². The highest BCUT2D eigenvalue weighted by atomic mass is 35.5. The molecule has 11 heteroatoms. The minimum atomic E-state index is -3.69. The molecule has 0 aromatic heterocycles. The topological polar surface area (TPSA) is 67.4 Å². The van der Waals surface area contributed by atoms with Gasteiger partial charge in [0.15, 0.2) is 0 Å². The van der Waals surface area contributed by atoms with E-state index in [-0.39, 0.29) is 5.92 Å². The fourth-order valence-electron chi connectivity index (χ4n) is 7.13. The van der Waals surface area contributed by atoms with Crippen LogP contribution in [0.1, 0.15) is 63.0 Å². The highest BCUT2D eigenvalue weighted by Gasteiger charge is 2.34. The van der Waals surface area contributed by atoms with Crippen LogP contribution in [0, 0.1) is 11.8 Å². The lowest BCUT2D eigenvalue weighted by molar-refractivity contribution is 0.180. The monoisotopic (exact) mass is 677 g/mol. The van der Waals surface area contributed by atoms with E-state index in [2.05, 4.69) is 16.1 Å². The predicted octanol–water partition coefficient (Wildman–Crippen LogP) is 5.65. The van der Waals surface area contributed by atoms with E-state index in [0.29, 0.717) is 56.6 Å². The minimum absolute atomic E-state index is 0.0124. The maximum atomic E-state index is 14.2. The second kappa shape index (κ2) is 16.0. The molecule has 2 atom stereocenters. The standard InChI is InChI=1S/C34H52ClN5O3S2/c1-28-24-38(44(41)34-15-13-33(14-16-34)36(2)3)20-7-18-37(26-29-9-5-4-6-10-29)19-8-21-39(25-28)45(42,43)40-22-17-30-23-32(35)12-11-31(30)27-40/h11-16,23,28-29H,4-10,17-22,24-27H2,1-3H3/t28-,44?/m0/s1. The Balaban J connectivity index is 1.35. The number of benzene rings is 2. The summed E-state index contributed by atoms with van der Waals surface area (Å²) in [5, 5.41) is 0.690. The number of hydrogen-bond acceptors (Lipinski definition) is 5. The van der Waals surface area contributed by atoms with Gasteiger partial charge in [0, 0.05) is 70.6 Å². The Morgan fingerprint density at radius 2 is 1.56 bits per heavy atom. The van der Waals surface area contributed by atoms with E-state index in [9.17, 15) is 12.6 Å². The van der Waals surface area contributed by atoms with E-state index in [4.69, 9.17) is 11.6 Å². The molecule has 1 aliphatic carbocycles. The molecule has 2 aromatic carbocycles. The van der Waals surface area contributed by atoms with Crippen LogP contribution < -0.4 is 4.90 Å². The molecule has 0 bridgehead atoms. The lowest BCUT2D eigenvalue weighted by Gasteiger charge is -2.36. The fraction of sp³-hybridized carbons (Fsp3) is 0.647. The van der Waals surface area contributed by atoms with Gasteiger partial charge in [-0.3, -0.25) is 0 Å². The number of halogens is 1. The molecule has 2 aliphatic heterocycles. The maximum Gasteiger partial charge on any atom is 0.282 e. The number of rotatable bonds is 7. The Labute approximate surface area is 279 Å². The van der Waals surface area contributed by atoms with Crippen molar-refractivity contribution >= 4 is 38.5 Å². The lowest BCUT2D eigenvalue weighted by atomic mass is 9.89. The van der Waals surface area contributed by atoms with Crippen molar-refractivity contribution in [1.29, 1.82) is 0 Å². The molecule has 2 fully saturated rings. The number of fused-ring (bicyclic) bond motifs is 1. The summed E-state index contributed by atoms with van der Waals surface area (Å²) in [6.45, 7) is 7.99. The molecule has 3 aliphatic rings. The van der Waals surface area contributed by atoms with Gasteiger partial charge in [0.1, 0.15) is 11.0 Å². The average Bonchev–Trinajstić information content (AvgIpc) is 3.02. The quantitative estimate of drug-likeness (QED) is 0.379. The Morgan fingerprint density at radius 1 is 0.844 bits per heavy atom. The van der Waals surface area contributed by atoms with Crippen LogP contribution in [-0.4, -0.2) is 96.9 Å². The zero-order valence-electron chi connectivity index (χ0n) is 27.4. The van der Waals surface area contributed by atoms with Crippen LogP contribution in [-0.2, 0) is 34.2 Å². The summed E-state index contributed by atoms with van der Waals surface area (Å²) in [4.78, 5) is 5.38. The van der Waals surface area contributed by atoms with Crippen LogP contribution in [0.5, 0.6) is 0 Å². The van der Waals surface area contributed by atoms with E-state index in [1.165, 1.54) is 32.1 Å². The van der Waals surface area contributed by atoms with Gasteiger partial charge in [0.2, 0.25) is 0 Å². The Bertz CT molecular complexity index is 1380. The maximum absolute atomic E-state index is 14.2. The van der Waals surface area contributed by atoms with Crippen molar-refractivity contribution in [3.05, 3.63) is 58.6 Å². The van der Waals surface area contributed by atoms with Crippen molar-refractivity contribution in [3.8, 4) is 0 Å². The van der Waals surface area contributed by atoms with Crippen LogP contribution in [0.25, 0.3) is 0 Å². The van der Waals surface area contributed by atoms with Crippen molar-refractivity contribution in [2.45, 2.75) is 69.7 Å². The zero-order chi connectivity index (χ0) is 32.0. The summed E-state index contributed by atoms with van der Waals surface area (Å²) in [6.07, 6.45) is 8.95. The second-order valence-corrected chi connectivity index (χ2v) is 17.4. The number of nitrogens with zero attached hydrogens (tertiary/aromatic N) is 5. The van der Waals surface area contributed by atoms with Gasteiger partial charge in [-0.2, -0.15) is 17.0 Å². The third-order valence-corrected chi connectivity index (χ3v) is 13.3. The van der Waals surface area contributed by atoms with Crippen molar-refractivity contribution in [3.63, 3.8) is 0 Å². The van der Waals surface area contributed by atoms with E-state index >= 15 is 0 Å². The Morgan fingerprint density at radius 3 is 2.27 bits per heavy atom. The lowest BCUT2D eigenvalue weighted by Crippen LogP contribution is -2.49. The first-order valence-electron chi connectivity index (χ1n) is 16.8. The van der Waals surface area contributed by atoms with Gasteiger partial charge in [0.05, 0.1) is 4.90 Å². The van der Waals surface area contributed by atoms with Gasteiger partial charge in [-0.15, -0.1) is 0 Å². The molecule has 45 heavy (non-hydrogen) atoms. The van der Waals surface area contributed by atoms with Gasteiger partial charge >= 0.3 is 0 Å². The SMILES string of the molecule is C[C@H]1CN(S(=O)c2ccc(N(C)C)cc2)CCCN(CC2CCCCC2)CCCN(S(=O)(=O)N2CCc3cc(Cl)ccc3C2)C1. The predicted molar refractivity (Wildman–Crippen MR) is 186 cm³/mol. The van der Waals surface area contributed by atoms with Gasteiger partial charge in [0.25, 0.3) is 10.2 Å². The first-order chi connectivity index (χ1) is 21.6. The molecule has 0 spiro atoms. The third-order valence-electron chi connectivity index (χ3n) is 9.62. The summed E-state index contributed by atoms with van der Waals surface area (Å²) in [7, 11) is -1.02. The normalized spacial score (nSPS) is 23.5. The van der Waals surface area contributed by atoms with Crippen LogP contribution in [0.3, 0.4) is 0 Å². The zero-order valence-corrected chi connectivity index (χ0v) is 29.8. The van der Waals surface area contributed by atoms with Crippen molar-refractivity contribution in [1.82, 2.24) is 17.8 Å². The van der Waals surface area contributed by atoms with Gasteiger partial charge in [-0.1, -0.05) is 43.9 Å². The van der Waals surface area contributed by atoms with Crippen molar-refractivity contribution < 1.29 is 12.6 Å². The summed E-state index contributed by atoms with van der Waals surface area (Å²) >= 11 is 6.22. The Hall–Kier alpha value is -1.53. The molecular weight excluding hydrogens is 626 g/mol. The molecule has 0 N–H and O–H groups in total. The molecule has 1 saturated carbocycles. The van der Waals surface area contributed by atoms with Gasteiger partial charge in [-0.25, -0.2) is 8.51 Å². The van der Waals surface area contributed by atoms with Crippen LogP contribution in [0.15, 0.2) is 47.4 Å². The summed E-state index contributed by atoms with van der Waals surface area (Å²) in [5.74, 6) is 0.729. The molecule has 250 valence electrons. The number of hydrogen-bond donors (Lipinski definition) is 0. The molecule has 0 amide bonds. The second-order valence-electron chi connectivity index (χ2n) is 13.5. The van der Waals surface area contributed by atoms with Gasteiger partial charge < -0.3 is 9.80 Å². The van der Waals surface area contributed by atoms with E-state index in [1.807, 2.05) is 61.5 Å². The molecule has 1 saturated heterocycles. The van der Waals surface area contributed by atoms with Crippen LogP contribution >= 0.6 is 11.6 Å². The van der Waals surface area contributed by atoms with Crippen LogP contribution in [0.4, 0.5) is 5.69 Å². The Kier molecular flexibility index (Phi) is 12.4. The average molecular weight is 678 g/mol. The highest BCUT2D eigenvalue weighted by molar-refractivity contribution is 7.86. The molecule has 5 rings (SSSR count). The van der Waals surface area contributed by atoms with Gasteiger partial charge in [-0.05, 0) is 105 Å². The molecule has 2 heterocycles. The summed E-state index contributed by atoms with van der Waals surface area (Å²) in [5.41, 5.74) is 3.23. The molecule has 2 aromatic rings. The van der Waals surface area contributed by atoms with E-state index < -0.39 is 21.2 Å².